The summed E-state index contributed by atoms with van der Waals surface area (Å²) in [6.45, 7) is 0. The Morgan fingerprint density at radius 2 is 0.893 bits per heavy atom. The minimum atomic E-state index is -0.647. The first kappa shape index (κ1) is 20.3. The molecule has 0 saturated carbocycles. The summed E-state index contributed by atoms with van der Waals surface area (Å²) in [6.07, 6.45) is 0. The molecule has 2 nitrogen and oxygen atoms in total. The van der Waals surface area contributed by atoms with Crippen LogP contribution in [0.3, 0.4) is 0 Å². The first-order valence-electron chi connectivity index (χ1n) is 8.65. The van der Waals surface area contributed by atoms with Gasteiger partial charge in [-0.25, -0.2) is 0 Å². The molecule has 0 bridgehead atoms. The Morgan fingerprint density at radius 3 is 1.29 bits per heavy atom. The summed E-state index contributed by atoms with van der Waals surface area (Å²) in [7, 11) is 0. The fraction of sp³-hybridized carbons (Fsp3) is 0. The zero-order chi connectivity index (χ0) is 18.6. The van der Waals surface area contributed by atoms with Crippen LogP contribution in [-0.4, -0.2) is 31.1 Å². The molecule has 0 aliphatic heterocycles. The molecule has 0 unspecified atom stereocenters. The van der Waals surface area contributed by atoms with Crippen LogP contribution >= 0.6 is 12.4 Å². The number of benzene rings is 4. The fourth-order valence-electron chi connectivity index (χ4n) is 2.99. The molecule has 0 heterocycles. The van der Waals surface area contributed by atoms with Crippen molar-refractivity contribution in [3.63, 3.8) is 0 Å². The summed E-state index contributed by atoms with van der Waals surface area (Å²) in [5, 5.41) is 20.5. The van der Waals surface area contributed by atoms with E-state index in [1.54, 1.807) is 12.1 Å². The Balaban J connectivity index is 0.00000225. The normalized spacial score (nSPS) is 10.3. The van der Waals surface area contributed by atoms with Crippen LogP contribution in [0.25, 0.3) is 22.3 Å². The van der Waals surface area contributed by atoms with Crippen LogP contribution in [0.5, 0.6) is 11.5 Å². The van der Waals surface area contributed by atoms with E-state index in [9.17, 15) is 10.2 Å². The number of hydrogen-bond donors (Lipinski definition) is 2. The van der Waals surface area contributed by atoms with Crippen LogP contribution in [0.2, 0.25) is 0 Å². The van der Waals surface area contributed by atoms with E-state index in [1.807, 2.05) is 72.8 Å². The van der Waals surface area contributed by atoms with Crippen molar-refractivity contribution in [1.82, 2.24) is 0 Å². The standard InChI is InChI=1S/C24H18O2Te.ClH/c25-23-13-11-19(15-21(23)17-7-3-1-4-8-17)27-20-12-14-24(26)22(16-20)18-9-5-2-6-10-18;/h1-16,25-26H;1H. The minimum absolute atomic E-state index is 0. The molecular formula is C24H19ClO2Te. The van der Waals surface area contributed by atoms with Crippen LogP contribution in [0.15, 0.2) is 97.1 Å². The van der Waals surface area contributed by atoms with Crippen molar-refractivity contribution < 1.29 is 10.2 Å². The van der Waals surface area contributed by atoms with E-state index < -0.39 is 20.9 Å². The van der Waals surface area contributed by atoms with Crippen molar-refractivity contribution in [2.24, 2.45) is 0 Å². The molecule has 0 radical (unpaired) electrons. The molecule has 0 aliphatic rings. The molecule has 0 aromatic heterocycles. The maximum atomic E-state index is 10.3. The summed E-state index contributed by atoms with van der Waals surface area (Å²) in [5.41, 5.74) is 3.75. The Labute approximate surface area is 181 Å². The van der Waals surface area contributed by atoms with Crippen molar-refractivity contribution in [1.29, 1.82) is 0 Å². The average Bonchev–Trinajstić information content (AvgIpc) is 2.72. The van der Waals surface area contributed by atoms with E-state index in [2.05, 4.69) is 12.1 Å². The zero-order valence-corrected chi connectivity index (χ0v) is 18.1. The fourth-order valence-corrected chi connectivity index (χ4v) is 5.55. The van der Waals surface area contributed by atoms with Gasteiger partial charge in [-0.05, 0) is 0 Å². The van der Waals surface area contributed by atoms with E-state index in [0.717, 1.165) is 22.3 Å². The summed E-state index contributed by atoms with van der Waals surface area (Å²) in [6, 6.07) is 31.6. The summed E-state index contributed by atoms with van der Waals surface area (Å²) >= 11 is -0.647. The van der Waals surface area contributed by atoms with Gasteiger partial charge in [-0.2, -0.15) is 0 Å². The Morgan fingerprint density at radius 1 is 0.500 bits per heavy atom. The Bertz CT molecular complexity index is 979. The van der Waals surface area contributed by atoms with Gasteiger partial charge in [0, 0.05) is 0 Å². The van der Waals surface area contributed by atoms with Crippen LogP contribution < -0.4 is 7.22 Å². The van der Waals surface area contributed by atoms with Crippen molar-refractivity contribution in [2.45, 2.75) is 0 Å². The molecule has 0 atom stereocenters. The van der Waals surface area contributed by atoms with Gasteiger partial charge in [0.2, 0.25) is 0 Å². The molecule has 4 aromatic carbocycles. The Hall–Kier alpha value is -2.44. The SMILES string of the molecule is Cl.Oc1ccc([Te]c2ccc(O)c(-c3ccccc3)c2)cc1-c1ccccc1. The first-order chi connectivity index (χ1) is 13.2. The summed E-state index contributed by atoms with van der Waals surface area (Å²) in [4.78, 5) is 0. The average molecular weight is 502 g/mol. The molecular weight excluding hydrogens is 483 g/mol. The molecule has 0 aliphatic carbocycles. The molecule has 0 saturated heterocycles. The van der Waals surface area contributed by atoms with Crippen molar-refractivity contribution in [2.75, 3.05) is 0 Å². The van der Waals surface area contributed by atoms with Gasteiger partial charge in [-0.15, -0.1) is 12.4 Å². The Kier molecular flexibility index (Phi) is 6.65. The van der Waals surface area contributed by atoms with Gasteiger partial charge in [0.15, 0.2) is 0 Å². The molecule has 4 aromatic rings. The van der Waals surface area contributed by atoms with E-state index in [-0.39, 0.29) is 12.4 Å². The van der Waals surface area contributed by atoms with Crippen LogP contribution in [-0.2, 0) is 0 Å². The van der Waals surface area contributed by atoms with Crippen molar-refractivity contribution in [3.8, 4) is 33.8 Å². The number of rotatable bonds is 4. The predicted molar refractivity (Wildman–Crippen MR) is 119 cm³/mol. The molecule has 0 amide bonds. The number of phenols is 2. The topological polar surface area (TPSA) is 40.5 Å². The van der Waals surface area contributed by atoms with Gasteiger partial charge in [0.05, 0.1) is 0 Å². The van der Waals surface area contributed by atoms with Crippen LogP contribution in [0, 0.1) is 0 Å². The number of halogens is 1. The van der Waals surface area contributed by atoms with Crippen LogP contribution in [0.4, 0.5) is 0 Å². The van der Waals surface area contributed by atoms with Crippen molar-refractivity contribution >= 4 is 40.6 Å². The number of hydrogen-bond acceptors (Lipinski definition) is 2. The van der Waals surface area contributed by atoms with E-state index in [0.29, 0.717) is 11.5 Å². The maximum absolute atomic E-state index is 10.3. The van der Waals surface area contributed by atoms with Gasteiger partial charge in [0.25, 0.3) is 0 Å². The summed E-state index contributed by atoms with van der Waals surface area (Å²) in [5.74, 6) is 0.598. The molecule has 0 fully saturated rings. The number of aromatic hydroxyl groups is 2. The molecule has 2 N–H and O–H groups in total. The van der Waals surface area contributed by atoms with Gasteiger partial charge < -0.3 is 0 Å². The number of phenolic OH excluding ortho intramolecular Hbond substituents is 2. The second-order valence-electron chi connectivity index (χ2n) is 6.19. The van der Waals surface area contributed by atoms with Gasteiger partial charge >= 0.3 is 169 Å². The third-order valence-corrected chi connectivity index (χ3v) is 7.14. The van der Waals surface area contributed by atoms with E-state index in [4.69, 9.17) is 0 Å². The summed E-state index contributed by atoms with van der Waals surface area (Å²) < 4.78 is 2.48. The van der Waals surface area contributed by atoms with Crippen molar-refractivity contribution in [3.05, 3.63) is 97.1 Å². The monoisotopic (exact) mass is 504 g/mol. The second kappa shape index (κ2) is 9.17. The van der Waals surface area contributed by atoms with Gasteiger partial charge in [-0.1, -0.05) is 0 Å². The van der Waals surface area contributed by atoms with Gasteiger partial charge in [0.1, 0.15) is 0 Å². The third kappa shape index (κ3) is 4.51. The second-order valence-corrected chi connectivity index (χ2v) is 9.47. The third-order valence-electron chi connectivity index (χ3n) is 4.34. The van der Waals surface area contributed by atoms with Gasteiger partial charge in [-0.3, -0.25) is 0 Å². The zero-order valence-electron chi connectivity index (χ0n) is 14.9. The van der Waals surface area contributed by atoms with E-state index in [1.165, 1.54) is 7.22 Å². The quantitative estimate of drug-likeness (QED) is 0.404. The first-order valence-corrected chi connectivity index (χ1v) is 11.0. The van der Waals surface area contributed by atoms with Crippen LogP contribution in [0.1, 0.15) is 0 Å². The molecule has 4 rings (SSSR count). The molecule has 28 heavy (non-hydrogen) atoms. The van der Waals surface area contributed by atoms with E-state index >= 15 is 0 Å². The molecule has 0 spiro atoms. The predicted octanol–water partition coefficient (Wildman–Crippen LogP) is 4.51. The molecule has 140 valence electrons. The molecule has 4 heteroatoms.